The van der Waals surface area contributed by atoms with Gasteiger partial charge >= 0.3 is 6.03 Å². The van der Waals surface area contributed by atoms with Gasteiger partial charge in [-0.05, 0) is 17.7 Å². The van der Waals surface area contributed by atoms with E-state index in [1.54, 1.807) is 12.1 Å². The molecular formula is C14H11BrN2O4. The van der Waals surface area contributed by atoms with E-state index < -0.39 is 11.9 Å². The van der Waals surface area contributed by atoms with Crippen molar-refractivity contribution in [2.24, 2.45) is 4.99 Å². The lowest BCUT2D eigenvalue weighted by Crippen LogP contribution is -2.26. The van der Waals surface area contributed by atoms with Crippen molar-refractivity contribution in [2.45, 2.75) is 6.42 Å². The summed E-state index contributed by atoms with van der Waals surface area (Å²) in [6, 6.07) is 2.75. The Morgan fingerprint density at radius 1 is 1.38 bits per heavy atom. The van der Waals surface area contributed by atoms with E-state index in [4.69, 9.17) is 15.9 Å². The van der Waals surface area contributed by atoms with E-state index in [0.29, 0.717) is 16.0 Å². The predicted molar refractivity (Wildman–Crippen MR) is 79.7 cm³/mol. The van der Waals surface area contributed by atoms with Crippen LogP contribution in [0, 0.1) is 12.3 Å². The van der Waals surface area contributed by atoms with E-state index in [1.807, 2.05) is 0 Å². The second-order valence-electron chi connectivity index (χ2n) is 4.08. The summed E-state index contributed by atoms with van der Waals surface area (Å²) in [6.45, 7) is 0.117. The summed E-state index contributed by atoms with van der Waals surface area (Å²) >= 11 is 3.39. The van der Waals surface area contributed by atoms with Crippen LogP contribution in [0.2, 0.25) is 0 Å². The molecule has 0 aromatic heterocycles. The first-order chi connectivity index (χ1) is 10.0. The van der Waals surface area contributed by atoms with E-state index in [2.05, 4.69) is 32.2 Å². The molecule has 6 nitrogen and oxygen atoms in total. The molecule has 0 aliphatic carbocycles. The second-order valence-corrected chi connectivity index (χ2v) is 4.94. The maximum atomic E-state index is 11.5. The number of amides is 3. The third-order valence-corrected chi connectivity index (χ3v) is 3.46. The minimum Gasteiger partial charge on any atom is -0.493 e. The molecule has 1 aliphatic heterocycles. The van der Waals surface area contributed by atoms with Crippen molar-refractivity contribution in [3.63, 3.8) is 0 Å². The smallest absolute Gasteiger partial charge is 0.348 e. The summed E-state index contributed by atoms with van der Waals surface area (Å²) in [4.78, 5) is 26.2. The van der Waals surface area contributed by atoms with Gasteiger partial charge in [0.25, 0.3) is 5.91 Å². The van der Waals surface area contributed by atoms with Gasteiger partial charge in [-0.2, -0.15) is 4.99 Å². The van der Waals surface area contributed by atoms with E-state index in [0.717, 1.165) is 5.56 Å². The molecule has 0 bridgehead atoms. The minimum atomic E-state index is -0.646. The SMILES string of the molecule is C#CCOc1cc(Br)c(CC2=NC(=O)NC2=O)cc1OC. The van der Waals surface area contributed by atoms with Gasteiger partial charge in [-0.25, -0.2) is 4.79 Å². The number of carbonyl (C=O) groups excluding carboxylic acids is 2. The number of nitrogens with zero attached hydrogens (tertiary/aromatic N) is 1. The lowest BCUT2D eigenvalue weighted by molar-refractivity contribution is -0.113. The number of hydrogen-bond donors (Lipinski definition) is 1. The maximum Gasteiger partial charge on any atom is 0.348 e. The van der Waals surface area contributed by atoms with Gasteiger partial charge in [0.05, 0.1) is 7.11 Å². The number of urea groups is 1. The van der Waals surface area contributed by atoms with Crippen LogP contribution in [-0.4, -0.2) is 31.4 Å². The van der Waals surface area contributed by atoms with Gasteiger partial charge in [0.2, 0.25) is 0 Å². The number of ether oxygens (including phenoxy) is 2. The molecule has 0 fully saturated rings. The van der Waals surface area contributed by atoms with Gasteiger partial charge in [-0.3, -0.25) is 10.1 Å². The number of carbonyl (C=O) groups is 2. The maximum absolute atomic E-state index is 11.5. The molecular weight excluding hydrogens is 340 g/mol. The molecule has 0 radical (unpaired) electrons. The third kappa shape index (κ3) is 3.41. The fourth-order valence-corrected chi connectivity index (χ4v) is 2.24. The zero-order chi connectivity index (χ0) is 15.4. The molecule has 1 aliphatic rings. The van der Waals surface area contributed by atoms with Crippen LogP contribution in [0.4, 0.5) is 4.79 Å². The highest BCUT2D eigenvalue weighted by Crippen LogP contribution is 2.34. The fraction of sp³-hybridized carbons (Fsp3) is 0.214. The number of rotatable bonds is 5. The zero-order valence-electron chi connectivity index (χ0n) is 11.1. The molecule has 108 valence electrons. The van der Waals surface area contributed by atoms with Crippen molar-refractivity contribution in [3.8, 4) is 23.8 Å². The topological polar surface area (TPSA) is 77.0 Å². The predicted octanol–water partition coefficient (Wildman–Crippen LogP) is 1.70. The molecule has 1 heterocycles. The van der Waals surface area contributed by atoms with Crippen molar-refractivity contribution < 1.29 is 19.1 Å². The van der Waals surface area contributed by atoms with Crippen LogP contribution in [-0.2, 0) is 11.2 Å². The monoisotopic (exact) mass is 350 g/mol. The van der Waals surface area contributed by atoms with E-state index in [9.17, 15) is 9.59 Å². The summed E-state index contributed by atoms with van der Waals surface area (Å²) in [7, 11) is 1.50. The highest BCUT2D eigenvalue weighted by molar-refractivity contribution is 9.10. The van der Waals surface area contributed by atoms with Crippen LogP contribution >= 0.6 is 15.9 Å². The Bertz CT molecular complexity index is 676. The molecule has 7 heteroatoms. The minimum absolute atomic E-state index is 0.117. The highest BCUT2D eigenvalue weighted by atomic mass is 79.9. The Balaban J connectivity index is 2.29. The molecule has 0 saturated heterocycles. The summed E-state index contributed by atoms with van der Waals surface area (Å²) in [5, 5.41) is 2.10. The molecule has 1 aromatic carbocycles. The Morgan fingerprint density at radius 3 is 2.71 bits per heavy atom. The highest BCUT2D eigenvalue weighted by Gasteiger charge is 2.24. The molecule has 1 N–H and O–H groups in total. The van der Waals surface area contributed by atoms with Crippen molar-refractivity contribution in [1.82, 2.24) is 5.32 Å². The Morgan fingerprint density at radius 2 is 2.14 bits per heavy atom. The van der Waals surface area contributed by atoms with Gasteiger partial charge in [0.15, 0.2) is 11.5 Å². The van der Waals surface area contributed by atoms with Crippen LogP contribution < -0.4 is 14.8 Å². The van der Waals surface area contributed by atoms with Crippen LogP contribution in [0.25, 0.3) is 0 Å². The van der Waals surface area contributed by atoms with Crippen LogP contribution in [0.15, 0.2) is 21.6 Å². The first-order valence-corrected chi connectivity index (χ1v) is 6.70. The molecule has 0 unspecified atom stereocenters. The number of aliphatic imine (C=N–C) groups is 1. The first kappa shape index (κ1) is 15.1. The Hall–Kier alpha value is -2.33. The quantitative estimate of drug-likeness (QED) is 0.820. The van der Waals surface area contributed by atoms with Crippen molar-refractivity contribution in [2.75, 3.05) is 13.7 Å². The largest absolute Gasteiger partial charge is 0.493 e. The van der Waals surface area contributed by atoms with E-state index >= 15 is 0 Å². The average molecular weight is 351 g/mol. The van der Waals surface area contributed by atoms with Crippen LogP contribution in [0.5, 0.6) is 11.5 Å². The van der Waals surface area contributed by atoms with Crippen LogP contribution in [0.3, 0.4) is 0 Å². The Labute approximate surface area is 129 Å². The van der Waals surface area contributed by atoms with Gasteiger partial charge in [0, 0.05) is 10.9 Å². The zero-order valence-corrected chi connectivity index (χ0v) is 12.7. The number of methoxy groups -OCH3 is 1. The van der Waals surface area contributed by atoms with Crippen LogP contribution in [0.1, 0.15) is 5.56 Å². The summed E-state index contributed by atoms with van der Waals surface area (Å²) in [5.41, 5.74) is 0.892. The van der Waals surface area contributed by atoms with Crippen molar-refractivity contribution >= 4 is 33.6 Å². The van der Waals surface area contributed by atoms with Gasteiger partial charge in [-0.1, -0.05) is 21.9 Å². The Kier molecular flexibility index (Phi) is 4.60. The first-order valence-electron chi connectivity index (χ1n) is 5.90. The third-order valence-electron chi connectivity index (χ3n) is 2.72. The molecule has 1 aromatic rings. The molecule has 0 atom stereocenters. The number of imide groups is 1. The number of hydrogen-bond acceptors (Lipinski definition) is 4. The molecule has 0 saturated carbocycles. The van der Waals surface area contributed by atoms with Crippen molar-refractivity contribution in [3.05, 3.63) is 22.2 Å². The van der Waals surface area contributed by atoms with Gasteiger partial charge in [0.1, 0.15) is 12.3 Å². The molecule has 0 spiro atoms. The molecule has 2 rings (SSSR count). The average Bonchev–Trinajstić information content (AvgIpc) is 2.77. The standard InChI is InChI=1S/C14H11BrN2O4/c1-3-4-21-12-7-9(15)8(6-11(12)20-2)5-10-13(18)17-14(19)16-10/h1,6-7H,4-5H2,2H3,(H,17,18,19). The van der Waals surface area contributed by atoms with E-state index in [1.165, 1.54) is 7.11 Å². The normalized spacial score (nSPS) is 13.5. The van der Waals surface area contributed by atoms with E-state index in [-0.39, 0.29) is 18.7 Å². The number of benzene rings is 1. The summed E-state index contributed by atoms with van der Waals surface area (Å²) < 4.78 is 11.3. The number of halogens is 1. The molecule has 21 heavy (non-hydrogen) atoms. The second kappa shape index (κ2) is 6.41. The molecule has 3 amide bonds. The fourth-order valence-electron chi connectivity index (χ4n) is 1.78. The van der Waals surface area contributed by atoms with Crippen molar-refractivity contribution in [1.29, 1.82) is 0 Å². The number of nitrogens with one attached hydrogen (secondary N) is 1. The van der Waals surface area contributed by atoms with Gasteiger partial charge in [-0.15, -0.1) is 6.42 Å². The summed E-state index contributed by atoms with van der Waals surface area (Å²) in [6.07, 6.45) is 5.35. The number of terminal acetylenes is 1. The summed E-state index contributed by atoms with van der Waals surface area (Å²) in [5.74, 6) is 2.85. The lowest BCUT2D eigenvalue weighted by atomic mass is 10.1. The van der Waals surface area contributed by atoms with Gasteiger partial charge < -0.3 is 9.47 Å². The lowest BCUT2D eigenvalue weighted by Gasteiger charge is -2.12.